The van der Waals surface area contributed by atoms with Crippen LogP contribution < -0.4 is 5.73 Å². The Morgan fingerprint density at radius 1 is 1.13 bits per heavy atom. The van der Waals surface area contributed by atoms with Crippen LogP contribution in [0.2, 0.25) is 0 Å². The lowest BCUT2D eigenvalue weighted by atomic mass is 9.96. The Kier molecular flexibility index (Phi) is 5.03. The van der Waals surface area contributed by atoms with Gasteiger partial charge in [0.05, 0.1) is 17.5 Å². The number of Topliss-reactive ketones (excluding diaryl/α,β-unsaturated/α-hetero) is 1. The quantitative estimate of drug-likeness (QED) is 0.456. The number of nitrogen functional groups attached to an aromatic ring is 1. The highest BCUT2D eigenvalue weighted by molar-refractivity contribution is 6.01. The van der Waals surface area contributed by atoms with Crippen molar-refractivity contribution in [3.05, 3.63) is 88.5 Å². The number of anilines is 1. The molecule has 1 heterocycles. The SMILES string of the molecule is [C-]#[N+]c1c(C)ccc(F)c1CC(=O)Cc1ccc(-c2cccc3[nH]nc(N)c23)cc1. The number of ketones is 1. The first-order valence-electron chi connectivity index (χ1n) is 9.47. The Morgan fingerprint density at radius 3 is 2.63 bits per heavy atom. The maximum absolute atomic E-state index is 14.2. The number of halogens is 1. The minimum Gasteiger partial charge on any atom is -0.382 e. The van der Waals surface area contributed by atoms with Gasteiger partial charge in [-0.3, -0.25) is 9.89 Å². The van der Waals surface area contributed by atoms with Gasteiger partial charge in [0.1, 0.15) is 11.6 Å². The van der Waals surface area contributed by atoms with E-state index in [1.807, 2.05) is 42.5 Å². The molecule has 6 heteroatoms. The lowest BCUT2D eigenvalue weighted by Gasteiger charge is -2.09. The molecule has 0 atom stereocenters. The molecule has 0 fully saturated rings. The molecule has 148 valence electrons. The van der Waals surface area contributed by atoms with Gasteiger partial charge in [0, 0.05) is 18.4 Å². The highest BCUT2D eigenvalue weighted by Crippen LogP contribution is 2.31. The van der Waals surface area contributed by atoms with Gasteiger partial charge in [0.15, 0.2) is 11.5 Å². The zero-order chi connectivity index (χ0) is 21.3. The maximum atomic E-state index is 14.2. The first-order chi connectivity index (χ1) is 14.5. The van der Waals surface area contributed by atoms with Crippen LogP contribution in [0, 0.1) is 19.3 Å². The molecule has 0 saturated heterocycles. The monoisotopic (exact) mass is 398 g/mol. The van der Waals surface area contributed by atoms with Crippen molar-refractivity contribution in [2.45, 2.75) is 19.8 Å². The molecule has 3 N–H and O–H groups in total. The maximum Gasteiger partial charge on any atom is 0.196 e. The van der Waals surface area contributed by atoms with Gasteiger partial charge in [-0.2, -0.15) is 5.10 Å². The second-order valence-electron chi connectivity index (χ2n) is 7.23. The van der Waals surface area contributed by atoms with Gasteiger partial charge in [0.25, 0.3) is 0 Å². The Labute approximate surface area is 173 Å². The minimum absolute atomic E-state index is 0.0994. The molecule has 0 radical (unpaired) electrons. The summed E-state index contributed by atoms with van der Waals surface area (Å²) >= 11 is 0. The van der Waals surface area contributed by atoms with Crippen molar-refractivity contribution in [1.82, 2.24) is 10.2 Å². The number of carbonyl (C=O) groups excluding carboxylic acids is 1. The van der Waals surface area contributed by atoms with Crippen LogP contribution in [0.15, 0.2) is 54.6 Å². The Bertz CT molecular complexity index is 1300. The van der Waals surface area contributed by atoms with Crippen molar-refractivity contribution in [2.24, 2.45) is 0 Å². The molecule has 0 aliphatic heterocycles. The van der Waals surface area contributed by atoms with Crippen molar-refractivity contribution in [2.75, 3.05) is 5.73 Å². The molecule has 4 rings (SSSR count). The van der Waals surface area contributed by atoms with Crippen molar-refractivity contribution < 1.29 is 9.18 Å². The van der Waals surface area contributed by atoms with E-state index in [2.05, 4.69) is 15.0 Å². The van der Waals surface area contributed by atoms with E-state index in [1.165, 1.54) is 6.07 Å². The fraction of sp³-hybridized carbons (Fsp3) is 0.125. The molecule has 30 heavy (non-hydrogen) atoms. The summed E-state index contributed by atoms with van der Waals surface area (Å²) in [5.74, 6) is -0.213. The average molecular weight is 398 g/mol. The third kappa shape index (κ3) is 3.53. The van der Waals surface area contributed by atoms with Gasteiger partial charge >= 0.3 is 0 Å². The predicted molar refractivity (Wildman–Crippen MR) is 116 cm³/mol. The number of nitrogens with zero attached hydrogens (tertiary/aromatic N) is 2. The normalized spacial score (nSPS) is 10.8. The van der Waals surface area contributed by atoms with E-state index in [4.69, 9.17) is 12.3 Å². The molecule has 3 aromatic carbocycles. The molecule has 0 saturated carbocycles. The number of benzene rings is 3. The summed E-state index contributed by atoms with van der Waals surface area (Å²) in [5, 5.41) is 7.83. The van der Waals surface area contributed by atoms with Crippen LogP contribution in [0.25, 0.3) is 26.9 Å². The van der Waals surface area contributed by atoms with Crippen molar-refractivity contribution in [1.29, 1.82) is 0 Å². The van der Waals surface area contributed by atoms with Gasteiger partial charge < -0.3 is 5.73 Å². The molecule has 0 unspecified atom stereocenters. The standard InChI is InChI=1S/C24H19FN4O/c1-14-6-11-20(25)19(23(14)27-2)13-17(30)12-15-7-9-16(10-8-15)18-4-3-5-21-22(18)24(26)29-28-21/h3-11H,12-13H2,1H3,(H3,26,28,29). The van der Waals surface area contributed by atoms with Crippen LogP contribution in [0.5, 0.6) is 0 Å². The van der Waals surface area contributed by atoms with Crippen molar-refractivity contribution in [3.8, 4) is 11.1 Å². The molecule has 1 aromatic heterocycles. The summed E-state index contributed by atoms with van der Waals surface area (Å²) in [5.41, 5.74) is 10.7. The molecule has 0 amide bonds. The Balaban J connectivity index is 1.55. The fourth-order valence-electron chi connectivity index (χ4n) is 3.68. The number of rotatable bonds is 5. The topological polar surface area (TPSA) is 76.1 Å². The van der Waals surface area contributed by atoms with E-state index >= 15 is 0 Å². The number of hydrogen-bond donors (Lipinski definition) is 2. The van der Waals surface area contributed by atoms with Crippen LogP contribution >= 0.6 is 0 Å². The zero-order valence-electron chi connectivity index (χ0n) is 16.4. The lowest BCUT2D eigenvalue weighted by Crippen LogP contribution is -2.08. The summed E-state index contributed by atoms with van der Waals surface area (Å²) in [7, 11) is 0. The average Bonchev–Trinajstić information content (AvgIpc) is 3.13. The number of hydrogen-bond acceptors (Lipinski definition) is 3. The van der Waals surface area contributed by atoms with Gasteiger partial charge in [-0.05, 0) is 41.3 Å². The summed E-state index contributed by atoms with van der Waals surface area (Å²) in [6.45, 7) is 9.03. The Hall–Kier alpha value is -3.98. The van der Waals surface area contributed by atoms with E-state index < -0.39 is 5.82 Å². The van der Waals surface area contributed by atoms with Gasteiger partial charge in [-0.15, -0.1) is 0 Å². The van der Waals surface area contributed by atoms with Crippen LogP contribution in [-0.2, 0) is 17.6 Å². The Morgan fingerprint density at radius 2 is 1.90 bits per heavy atom. The van der Waals surface area contributed by atoms with E-state index in [0.717, 1.165) is 27.6 Å². The smallest absolute Gasteiger partial charge is 0.196 e. The molecular formula is C24H19FN4O. The largest absolute Gasteiger partial charge is 0.382 e. The summed E-state index contributed by atoms with van der Waals surface area (Å²) in [6.07, 6.45) is 0.0704. The molecule has 0 bridgehead atoms. The second-order valence-corrected chi connectivity index (χ2v) is 7.23. The second kappa shape index (κ2) is 7.80. The molecule has 5 nitrogen and oxygen atoms in total. The third-order valence-electron chi connectivity index (χ3n) is 5.20. The molecule has 0 aliphatic carbocycles. The molecule has 0 aliphatic rings. The van der Waals surface area contributed by atoms with Crippen molar-refractivity contribution >= 4 is 28.2 Å². The number of fused-ring (bicyclic) bond motifs is 1. The van der Waals surface area contributed by atoms with Crippen LogP contribution in [-0.4, -0.2) is 16.0 Å². The third-order valence-corrected chi connectivity index (χ3v) is 5.20. The highest BCUT2D eigenvalue weighted by Gasteiger charge is 2.16. The molecule has 4 aromatic rings. The highest BCUT2D eigenvalue weighted by atomic mass is 19.1. The van der Waals surface area contributed by atoms with Gasteiger partial charge in [-0.1, -0.05) is 42.5 Å². The van der Waals surface area contributed by atoms with Gasteiger partial charge in [0.2, 0.25) is 0 Å². The van der Waals surface area contributed by atoms with E-state index in [1.54, 1.807) is 13.0 Å². The summed E-state index contributed by atoms with van der Waals surface area (Å²) in [4.78, 5) is 16.0. The van der Waals surface area contributed by atoms with Crippen LogP contribution in [0.3, 0.4) is 0 Å². The number of aromatic nitrogens is 2. The van der Waals surface area contributed by atoms with Crippen molar-refractivity contribution in [3.63, 3.8) is 0 Å². The van der Waals surface area contributed by atoms with Crippen LogP contribution in [0.4, 0.5) is 15.9 Å². The first kappa shape index (κ1) is 19.3. The number of carbonyl (C=O) groups is 1. The lowest BCUT2D eigenvalue weighted by molar-refractivity contribution is -0.117. The molecular weight excluding hydrogens is 379 g/mol. The first-order valence-corrected chi connectivity index (χ1v) is 9.47. The fourth-order valence-corrected chi connectivity index (χ4v) is 3.68. The number of aromatic amines is 1. The van der Waals surface area contributed by atoms with E-state index in [-0.39, 0.29) is 29.9 Å². The number of H-pyrrole nitrogens is 1. The number of nitrogens with two attached hydrogens (primary N) is 1. The summed E-state index contributed by atoms with van der Waals surface area (Å²) < 4.78 is 14.2. The summed E-state index contributed by atoms with van der Waals surface area (Å²) in [6, 6.07) is 16.3. The predicted octanol–water partition coefficient (Wildman–Crippen LogP) is 5.16. The number of aryl methyl sites for hydroxylation is 1. The zero-order valence-corrected chi connectivity index (χ0v) is 16.4. The van der Waals surface area contributed by atoms with E-state index in [9.17, 15) is 9.18 Å². The molecule has 0 spiro atoms. The minimum atomic E-state index is -0.513. The van der Waals surface area contributed by atoms with Gasteiger partial charge in [-0.25, -0.2) is 9.24 Å². The number of nitrogens with one attached hydrogen (secondary N) is 1. The van der Waals surface area contributed by atoms with Crippen LogP contribution in [0.1, 0.15) is 16.7 Å². The van der Waals surface area contributed by atoms with E-state index in [0.29, 0.717) is 11.4 Å².